The summed E-state index contributed by atoms with van der Waals surface area (Å²) in [6.07, 6.45) is 11.0. The number of carboxylic acid groups (broad SMARTS) is 1. The first kappa shape index (κ1) is 31.6. The van der Waals surface area contributed by atoms with Crippen LogP contribution in [0.25, 0.3) is 0 Å². The monoisotopic (exact) mass is 584 g/mol. The van der Waals surface area contributed by atoms with E-state index in [2.05, 4.69) is 48.1 Å². The van der Waals surface area contributed by atoms with Crippen LogP contribution in [0.4, 0.5) is 0 Å². The molecule has 5 saturated carbocycles. The molecule has 5 aliphatic carbocycles. The fraction of sp³-hybridized carbons (Fsp3) is 0.861. The van der Waals surface area contributed by atoms with Crippen LogP contribution >= 0.6 is 0 Å². The van der Waals surface area contributed by atoms with Gasteiger partial charge in [0.15, 0.2) is 0 Å². The van der Waals surface area contributed by atoms with Crippen LogP contribution in [0.5, 0.6) is 0 Å². The fourth-order valence-corrected chi connectivity index (χ4v) is 12.4. The Balaban J connectivity index is 1.43. The second-order valence-corrected chi connectivity index (χ2v) is 16.6. The van der Waals surface area contributed by atoms with Crippen LogP contribution in [0.1, 0.15) is 126 Å². The van der Waals surface area contributed by atoms with E-state index in [0.717, 1.165) is 38.5 Å². The predicted octanol–water partition coefficient (Wildman–Crippen LogP) is 7.98. The summed E-state index contributed by atoms with van der Waals surface area (Å²) in [6.45, 7) is 21.1. The van der Waals surface area contributed by atoms with Crippen LogP contribution in [0.15, 0.2) is 12.2 Å². The quantitative estimate of drug-likeness (QED) is 0.241. The highest BCUT2D eigenvalue weighted by molar-refractivity contribution is 5.76. The first-order valence-corrected chi connectivity index (χ1v) is 16.7. The first-order chi connectivity index (χ1) is 19.5. The summed E-state index contributed by atoms with van der Waals surface area (Å²) < 4.78 is 11.8. The van der Waals surface area contributed by atoms with Crippen molar-refractivity contribution in [3.63, 3.8) is 0 Å². The summed E-state index contributed by atoms with van der Waals surface area (Å²) in [5.74, 6) is 1.10. The molecule has 0 heterocycles. The van der Waals surface area contributed by atoms with Crippen molar-refractivity contribution in [3.8, 4) is 0 Å². The molecule has 0 aromatic heterocycles. The van der Waals surface area contributed by atoms with E-state index >= 15 is 0 Å². The lowest BCUT2D eigenvalue weighted by Crippen LogP contribution is -2.67. The van der Waals surface area contributed by atoms with Crippen molar-refractivity contribution in [2.45, 2.75) is 132 Å². The summed E-state index contributed by atoms with van der Waals surface area (Å²) in [5.41, 5.74) is 1.82. The van der Waals surface area contributed by atoms with E-state index in [1.165, 1.54) is 31.3 Å². The molecular weight excluding hydrogens is 528 g/mol. The average molecular weight is 585 g/mol. The number of allylic oxidation sites excluding steroid dienone is 1. The van der Waals surface area contributed by atoms with Gasteiger partial charge in [-0.3, -0.25) is 14.4 Å². The maximum atomic E-state index is 12.5. The molecule has 10 atom stereocenters. The second kappa shape index (κ2) is 10.6. The molecule has 0 aromatic rings. The topological polar surface area (TPSA) is 89.9 Å². The molecule has 1 N–H and O–H groups in total. The Labute approximate surface area is 253 Å². The van der Waals surface area contributed by atoms with Gasteiger partial charge in [-0.15, -0.1) is 0 Å². The Bertz CT molecular complexity index is 1130. The largest absolute Gasteiger partial charge is 0.481 e. The first-order valence-electron chi connectivity index (χ1n) is 16.7. The third-order valence-electron chi connectivity index (χ3n) is 14.6. The van der Waals surface area contributed by atoms with E-state index in [4.69, 9.17) is 14.6 Å². The van der Waals surface area contributed by atoms with Crippen LogP contribution in [0.2, 0.25) is 0 Å². The minimum absolute atomic E-state index is 0.00678. The van der Waals surface area contributed by atoms with Crippen LogP contribution in [0, 0.1) is 56.7 Å². The number of hydrogen-bond donors (Lipinski definition) is 1. The molecule has 6 nitrogen and oxygen atoms in total. The van der Waals surface area contributed by atoms with Crippen LogP contribution in [-0.2, 0) is 23.9 Å². The molecule has 0 aromatic carbocycles. The van der Waals surface area contributed by atoms with Crippen molar-refractivity contribution in [3.05, 3.63) is 12.2 Å². The van der Waals surface area contributed by atoms with E-state index in [1.807, 2.05) is 0 Å². The Kier molecular flexibility index (Phi) is 8.00. The SMILES string of the molecule is C=C(C)[C@@H]1CC[C@]2(COC(=O)CCC(=O)O)CC[C@]3(C)[C@@H](CC[C@@H]4[C@@]5(C)CC[C@@H](OC(C)=O)C(C)(C)[C@@H]5CC[C@]43C)[C@@H]12. The highest BCUT2D eigenvalue weighted by Gasteiger charge is 2.71. The number of ether oxygens (including phenoxy) is 2. The van der Waals surface area contributed by atoms with Crippen molar-refractivity contribution in [2.75, 3.05) is 6.61 Å². The summed E-state index contributed by atoms with van der Waals surface area (Å²) in [6, 6.07) is 0. The molecule has 5 aliphatic rings. The van der Waals surface area contributed by atoms with Gasteiger partial charge in [0, 0.05) is 17.8 Å². The van der Waals surface area contributed by atoms with E-state index in [9.17, 15) is 14.4 Å². The molecule has 6 heteroatoms. The van der Waals surface area contributed by atoms with Gasteiger partial charge in [0.1, 0.15) is 6.10 Å². The van der Waals surface area contributed by atoms with Gasteiger partial charge in [-0.1, -0.05) is 46.8 Å². The lowest BCUT2D eigenvalue weighted by atomic mass is 9.32. The van der Waals surface area contributed by atoms with Crippen LogP contribution < -0.4 is 0 Å². The van der Waals surface area contributed by atoms with Crippen LogP contribution in [0.3, 0.4) is 0 Å². The van der Waals surface area contributed by atoms with Crippen LogP contribution in [-0.4, -0.2) is 35.7 Å². The molecule has 5 fully saturated rings. The second-order valence-electron chi connectivity index (χ2n) is 16.6. The van der Waals surface area contributed by atoms with Gasteiger partial charge in [0.25, 0.3) is 0 Å². The Morgan fingerprint density at radius 2 is 1.52 bits per heavy atom. The zero-order valence-electron chi connectivity index (χ0n) is 27.4. The molecule has 42 heavy (non-hydrogen) atoms. The number of carboxylic acids is 1. The zero-order chi connectivity index (χ0) is 30.9. The molecule has 0 radical (unpaired) electrons. The third kappa shape index (κ3) is 4.67. The minimum atomic E-state index is -0.962. The zero-order valence-corrected chi connectivity index (χ0v) is 27.4. The van der Waals surface area contributed by atoms with Gasteiger partial charge < -0.3 is 14.6 Å². The number of carbonyl (C=O) groups excluding carboxylic acids is 2. The van der Waals surface area contributed by atoms with E-state index in [0.29, 0.717) is 36.2 Å². The molecule has 5 rings (SSSR count). The third-order valence-corrected chi connectivity index (χ3v) is 14.6. The molecule has 0 bridgehead atoms. The standard InChI is InChI=1S/C36H56O6/c1-22(2)24-13-18-36(21-41-30(40)12-11-29(38)39)20-19-34(7)25(31(24)36)9-10-27-33(6)16-15-28(42-23(3)37)32(4,5)26(33)14-17-35(27,34)8/h24-28,31H,1,9-21H2,2-8H3,(H,38,39)/t24-,25-,26-,27+,28+,31+,33-,34+,35+,36+/m0/s1. The molecular formula is C36H56O6. The van der Waals surface area contributed by atoms with E-state index in [1.54, 1.807) is 6.92 Å². The molecule has 236 valence electrons. The van der Waals surface area contributed by atoms with Crippen molar-refractivity contribution >= 4 is 17.9 Å². The number of rotatable bonds is 7. The summed E-state index contributed by atoms with van der Waals surface area (Å²) in [4.78, 5) is 35.5. The maximum Gasteiger partial charge on any atom is 0.306 e. The Hall–Kier alpha value is -1.85. The molecule has 0 unspecified atom stereocenters. The summed E-state index contributed by atoms with van der Waals surface area (Å²) in [5, 5.41) is 9.03. The van der Waals surface area contributed by atoms with Crippen molar-refractivity contribution in [1.29, 1.82) is 0 Å². The van der Waals surface area contributed by atoms with E-state index in [-0.39, 0.29) is 58.0 Å². The number of aliphatic carboxylic acids is 1. The normalized spacial score (nSPS) is 45.4. The van der Waals surface area contributed by atoms with Crippen molar-refractivity contribution < 1.29 is 29.0 Å². The minimum Gasteiger partial charge on any atom is -0.481 e. The van der Waals surface area contributed by atoms with Gasteiger partial charge in [-0.2, -0.15) is 0 Å². The highest BCUT2D eigenvalue weighted by atomic mass is 16.5. The molecule has 0 saturated heterocycles. The average Bonchev–Trinajstić information content (AvgIpc) is 3.28. The molecule has 0 aliphatic heterocycles. The predicted molar refractivity (Wildman–Crippen MR) is 162 cm³/mol. The Morgan fingerprint density at radius 1 is 0.810 bits per heavy atom. The summed E-state index contributed by atoms with van der Waals surface area (Å²) >= 11 is 0. The highest BCUT2D eigenvalue weighted by Crippen LogP contribution is 2.77. The summed E-state index contributed by atoms with van der Waals surface area (Å²) in [7, 11) is 0. The van der Waals surface area contributed by atoms with Gasteiger partial charge >= 0.3 is 17.9 Å². The van der Waals surface area contributed by atoms with Gasteiger partial charge in [0.2, 0.25) is 0 Å². The van der Waals surface area contributed by atoms with Gasteiger partial charge in [-0.25, -0.2) is 0 Å². The van der Waals surface area contributed by atoms with Crippen molar-refractivity contribution in [2.24, 2.45) is 56.7 Å². The maximum absolute atomic E-state index is 12.5. The lowest BCUT2D eigenvalue weighted by molar-refractivity contribution is -0.252. The number of carbonyl (C=O) groups is 3. The van der Waals surface area contributed by atoms with Crippen molar-refractivity contribution in [1.82, 2.24) is 0 Å². The number of esters is 2. The van der Waals surface area contributed by atoms with E-state index < -0.39 is 5.97 Å². The Morgan fingerprint density at radius 3 is 2.17 bits per heavy atom. The number of fused-ring (bicyclic) bond motifs is 7. The fourth-order valence-electron chi connectivity index (χ4n) is 12.4. The lowest BCUT2D eigenvalue weighted by Gasteiger charge is -2.73. The molecule has 0 spiro atoms. The smallest absolute Gasteiger partial charge is 0.306 e. The van der Waals surface area contributed by atoms with Gasteiger partial charge in [0.05, 0.1) is 19.4 Å². The molecule has 0 amide bonds. The number of hydrogen-bond acceptors (Lipinski definition) is 5. The van der Waals surface area contributed by atoms with Gasteiger partial charge in [-0.05, 0) is 117 Å².